The number of nitrogens with one attached hydrogen (secondary N) is 1. The van der Waals surface area contributed by atoms with Crippen LogP contribution in [0.15, 0.2) is 84.9 Å². The van der Waals surface area contributed by atoms with Crippen molar-refractivity contribution < 1.29 is 19.5 Å². The third-order valence-corrected chi connectivity index (χ3v) is 6.09. The van der Waals surface area contributed by atoms with Crippen LogP contribution >= 0.6 is 0 Å². The number of nitrogens with zero attached hydrogens (tertiary/aromatic N) is 1. The minimum atomic E-state index is -0.944. The van der Waals surface area contributed by atoms with Crippen molar-refractivity contribution >= 4 is 34.2 Å². The maximum atomic E-state index is 13.0. The second kappa shape index (κ2) is 8.83. The highest BCUT2D eigenvalue weighted by molar-refractivity contribution is 6.25. The summed E-state index contributed by atoms with van der Waals surface area (Å²) in [6.07, 6.45) is 0.619. The molecular formula is C28H22N2O4. The summed E-state index contributed by atoms with van der Waals surface area (Å²) in [6.45, 7) is 0.943. The summed E-state index contributed by atoms with van der Waals surface area (Å²) < 4.78 is 0. The van der Waals surface area contributed by atoms with Crippen LogP contribution in [0.4, 0.5) is 5.69 Å². The van der Waals surface area contributed by atoms with Crippen LogP contribution < -0.4 is 5.32 Å². The summed E-state index contributed by atoms with van der Waals surface area (Å²) in [4.78, 5) is 38.3. The van der Waals surface area contributed by atoms with Crippen LogP contribution in [-0.4, -0.2) is 40.9 Å². The molecule has 0 atom stereocenters. The van der Waals surface area contributed by atoms with E-state index in [1.54, 1.807) is 36.4 Å². The Balaban J connectivity index is 1.19. The lowest BCUT2D eigenvalue weighted by molar-refractivity contribution is 0.0608. The van der Waals surface area contributed by atoms with Crippen molar-refractivity contribution in [3.05, 3.63) is 102 Å². The Labute approximate surface area is 196 Å². The number of carboxylic acid groups (broad SMARTS) is 1. The number of hydrogen-bond acceptors (Lipinski definition) is 4. The predicted octanol–water partition coefficient (Wildman–Crippen LogP) is 5.30. The second-order valence-corrected chi connectivity index (χ2v) is 8.21. The fourth-order valence-corrected chi connectivity index (χ4v) is 4.34. The van der Waals surface area contributed by atoms with E-state index in [0.29, 0.717) is 30.6 Å². The van der Waals surface area contributed by atoms with Crippen LogP contribution in [0.3, 0.4) is 0 Å². The van der Waals surface area contributed by atoms with Gasteiger partial charge in [-0.05, 0) is 59.3 Å². The Morgan fingerprint density at radius 3 is 1.88 bits per heavy atom. The summed E-state index contributed by atoms with van der Waals surface area (Å²) in [5, 5.41) is 14.0. The van der Waals surface area contributed by atoms with Gasteiger partial charge in [-0.1, -0.05) is 48.5 Å². The maximum absolute atomic E-state index is 13.0. The van der Waals surface area contributed by atoms with Crippen LogP contribution in [0.1, 0.15) is 37.5 Å². The molecule has 4 aromatic carbocycles. The lowest BCUT2D eigenvalue weighted by atomic mass is 9.94. The van der Waals surface area contributed by atoms with Gasteiger partial charge in [0.2, 0.25) is 0 Å². The van der Waals surface area contributed by atoms with Gasteiger partial charge in [-0.25, -0.2) is 4.79 Å². The van der Waals surface area contributed by atoms with Gasteiger partial charge in [-0.3, -0.25) is 14.5 Å². The van der Waals surface area contributed by atoms with Crippen molar-refractivity contribution in [3.63, 3.8) is 0 Å². The van der Waals surface area contributed by atoms with Gasteiger partial charge in [0, 0.05) is 35.3 Å². The fourth-order valence-electron chi connectivity index (χ4n) is 4.34. The molecule has 0 aliphatic carbocycles. The first-order chi connectivity index (χ1) is 16.5. The van der Waals surface area contributed by atoms with Crippen molar-refractivity contribution in [1.29, 1.82) is 0 Å². The molecule has 0 radical (unpaired) electrons. The van der Waals surface area contributed by atoms with Gasteiger partial charge in [0.1, 0.15) is 0 Å². The average molecular weight is 450 g/mol. The van der Waals surface area contributed by atoms with Gasteiger partial charge in [0.15, 0.2) is 0 Å². The van der Waals surface area contributed by atoms with Crippen LogP contribution in [0, 0.1) is 0 Å². The van der Waals surface area contributed by atoms with Gasteiger partial charge < -0.3 is 10.4 Å². The topological polar surface area (TPSA) is 86.7 Å². The number of aromatic carboxylic acids is 1. The molecule has 1 aliphatic heterocycles. The number of carbonyl (C=O) groups excluding carboxylic acids is 2. The Bertz CT molecular complexity index is 1360. The van der Waals surface area contributed by atoms with Gasteiger partial charge >= 0.3 is 5.97 Å². The van der Waals surface area contributed by atoms with Crippen molar-refractivity contribution in [2.75, 3.05) is 18.4 Å². The molecular weight excluding hydrogens is 428 g/mol. The SMILES string of the molecule is O=C(O)c1ccc(-c2ccc(NCCCN3C(=O)c4cccc5cccc(c45)C3=O)cc2)cc1. The summed E-state index contributed by atoms with van der Waals surface area (Å²) in [6, 6.07) is 25.7. The number of benzene rings is 4. The molecule has 0 unspecified atom stereocenters. The number of hydrogen-bond donors (Lipinski definition) is 2. The summed E-state index contributed by atoms with van der Waals surface area (Å²) in [7, 11) is 0. The number of carbonyl (C=O) groups is 3. The predicted molar refractivity (Wildman–Crippen MR) is 131 cm³/mol. The third-order valence-electron chi connectivity index (χ3n) is 6.09. The van der Waals surface area contributed by atoms with Gasteiger partial charge in [-0.15, -0.1) is 0 Å². The van der Waals surface area contributed by atoms with Gasteiger partial charge in [0.05, 0.1) is 5.56 Å². The van der Waals surface area contributed by atoms with Crippen molar-refractivity contribution in [2.24, 2.45) is 0 Å². The Morgan fingerprint density at radius 1 is 0.765 bits per heavy atom. The normalized spacial score (nSPS) is 12.8. The van der Waals surface area contributed by atoms with E-state index in [-0.39, 0.29) is 17.4 Å². The Hall–Kier alpha value is -4.45. The molecule has 0 bridgehead atoms. The highest BCUT2D eigenvalue weighted by Crippen LogP contribution is 2.30. The third kappa shape index (κ3) is 3.90. The van der Waals surface area contributed by atoms with Crippen LogP contribution in [0.5, 0.6) is 0 Å². The number of rotatable bonds is 7. The minimum absolute atomic E-state index is 0.243. The van der Waals surface area contributed by atoms with Crippen LogP contribution in [0.25, 0.3) is 21.9 Å². The first-order valence-electron chi connectivity index (χ1n) is 11.1. The molecule has 0 spiro atoms. The largest absolute Gasteiger partial charge is 0.478 e. The van der Waals surface area contributed by atoms with E-state index < -0.39 is 5.97 Å². The summed E-state index contributed by atoms with van der Waals surface area (Å²) in [5.41, 5.74) is 4.26. The zero-order valence-corrected chi connectivity index (χ0v) is 18.3. The van der Waals surface area contributed by atoms with Crippen LogP contribution in [-0.2, 0) is 0 Å². The lowest BCUT2D eigenvalue weighted by Gasteiger charge is -2.27. The fraction of sp³-hybridized carbons (Fsp3) is 0.107. The molecule has 4 aromatic rings. The van der Waals surface area contributed by atoms with E-state index in [4.69, 9.17) is 5.11 Å². The zero-order chi connectivity index (χ0) is 23.7. The maximum Gasteiger partial charge on any atom is 0.335 e. The van der Waals surface area contributed by atoms with Crippen LogP contribution in [0.2, 0.25) is 0 Å². The Morgan fingerprint density at radius 2 is 1.32 bits per heavy atom. The highest BCUT2D eigenvalue weighted by atomic mass is 16.4. The zero-order valence-electron chi connectivity index (χ0n) is 18.3. The molecule has 5 rings (SSSR count). The molecule has 2 amide bonds. The highest BCUT2D eigenvalue weighted by Gasteiger charge is 2.32. The molecule has 1 aliphatic rings. The van der Waals surface area contributed by atoms with Crippen molar-refractivity contribution in [3.8, 4) is 11.1 Å². The summed E-state index contributed by atoms with van der Waals surface area (Å²) >= 11 is 0. The van der Waals surface area contributed by atoms with E-state index in [1.165, 1.54) is 4.90 Å². The second-order valence-electron chi connectivity index (χ2n) is 8.21. The van der Waals surface area contributed by atoms with E-state index in [1.807, 2.05) is 48.5 Å². The first kappa shape index (κ1) is 21.4. The molecule has 6 heteroatoms. The molecule has 1 heterocycles. The number of amides is 2. The molecule has 0 saturated carbocycles. The molecule has 168 valence electrons. The summed E-state index contributed by atoms with van der Waals surface area (Å²) in [5.74, 6) is -1.43. The number of carboxylic acids is 1. The van der Waals surface area contributed by atoms with Gasteiger partial charge in [0.25, 0.3) is 11.8 Å². The lowest BCUT2D eigenvalue weighted by Crippen LogP contribution is -2.41. The van der Waals surface area contributed by atoms with E-state index in [2.05, 4.69) is 5.32 Å². The average Bonchev–Trinajstić information content (AvgIpc) is 2.87. The van der Waals surface area contributed by atoms with Crippen molar-refractivity contribution in [2.45, 2.75) is 6.42 Å². The molecule has 2 N–H and O–H groups in total. The quantitative estimate of drug-likeness (QED) is 0.295. The first-order valence-corrected chi connectivity index (χ1v) is 11.1. The molecule has 0 saturated heterocycles. The van der Waals surface area contributed by atoms with Crippen molar-refractivity contribution in [1.82, 2.24) is 4.90 Å². The molecule has 0 aromatic heterocycles. The van der Waals surface area contributed by atoms with E-state index in [9.17, 15) is 14.4 Å². The minimum Gasteiger partial charge on any atom is -0.478 e. The van der Waals surface area contributed by atoms with Gasteiger partial charge in [-0.2, -0.15) is 0 Å². The number of imide groups is 1. The monoisotopic (exact) mass is 450 g/mol. The molecule has 6 nitrogen and oxygen atoms in total. The smallest absolute Gasteiger partial charge is 0.335 e. The molecule has 0 fully saturated rings. The Kier molecular flexibility index (Phi) is 5.55. The van der Waals surface area contributed by atoms with E-state index >= 15 is 0 Å². The molecule has 34 heavy (non-hydrogen) atoms. The number of anilines is 1. The standard InChI is InChI=1S/C28H22N2O4/c31-26-23-6-1-4-20-5-2-7-24(25(20)23)27(32)30(26)17-3-16-29-22-14-12-19(13-15-22)18-8-10-21(11-9-18)28(33)34/h1-2,4-15,29H,3,16-17H2,(H,33,34). The van der Waals surface area contributed by atoms with E-state index in [0.717, 1.165) is 27.6 Å².